The van der Waals surface area contributed by atoms with Gasteiger partial charge in [-0.2, -0.15) is 5.26 Å². The minimum absolute atomic E-state index is 0.0417. The fraction of sp³-hybridized carbons (Fsp3) is 0.909. The molecule has 1 N–H and O–H groups in total. The lowest BCUT2D eigenvalue weighted by Crippen LogP contribution is -2.30. The fourth-order valence-corrected chi connectivity index (χ4v) is 1.33. The van der Waals surface area contributed by atoms with Gasteiger partial charge in [0, 0.05) is 33.0 Å². The van der Waals surface area contributed by atoms with Crippen LogP contribution >= 0.6 is 0 Å². The van der Waals surface area contributed by atoms with E-state index in [1.807, 2.05) is 0 Å². The van der Waals surface area contributed by atoms with Crippen molar-refractivity contribution in [3.63, 3.8) is 0 Å². The van der Waals surface area contributed by atoms with Gasteiger partial charge in [-0.1, -0.05) is 0 Å². The Hall–Kier alpha value is -0.630. The predicted molar refractivity (Wildman–Crippen MR) is 57.5 cm³/mol. The molecule has 0 aromatic carbocycles. The van der Waals surface area contributed by atoms with Crippen molar-refractivity contribution in [3.05, 3.63) is 0 Å². The van der Waals surface area contributed by atoms with E-state index in [0.717, 1.165) is 26.1 Å². The molecule has 0 aromatic rings. The van der Waals surface area contributed by atoms with Crippen molar-refractivity contribution in [1.82, 2.24) is 5.32 Å². The molecule has 0 amide bonds. The third-order valence-electron chi connectivity index (χ3n) is 2.36. The lowest BCUT2D eigenvalue weighted by atomic mass is 10.2. The number of hydrogen-bond acceptors (Lipinski definition) is 4. The van der Waals surface area contributed by atoms with Crippen LogP contribution in [0.5, 0.6) is 0 Å². The second kappa shape index (κ2) is 7.63. The maximum absolute atomic E-state index is 8.86. The molecule has 4 heteroatoms. The number of nitrogens with one attached hydrogen (secondary N) is 1. The first-order chi connectivity index (χ1) is 7.36. The average molecular weight is 212 g/mol. The van der Waals surface area contributed by atoms with Crippen molar-refractivity contribution in [2.45, 2.75) is 37.8 Å². The highest BCUT2D eigenvalue weighted by molar-refractivity contribution is 4.95. The fourth-order valence-electron chi connectivity index (χ4n) is 1.33. The Morgan fingerprint density at radius 1 is 1.40 bits per heavy atom. The van der Waals surface area contributed by atoms with Crippen LogP contribution in [0, 0.1) is 11.3 Å². The van der Waals surface area contributed by atoms with Crippen LogP contribution in [0.4, 0.5) is 0 Å². The number of nitrogens with zero attached hydrogens (tertiary/aromatic N) is 1. The van der Waals surface area contributed by atoms with E-state index in [2.05, 4.69) is 11.4 Å². The molecule has 0 bridgehead atoms. The van der Waals surface area contributed by atoms with Crippen LogP contribution in [0.25, 0.3) is 0 Å². The Labute approximate surface area is 91.6 Å². The molecule has 1 aliphatic carbocycles. The summed E-state index contributed by atoms with van der Waals surface area (Å²) in [6.07, 6.45) is 4.13. The molecule has 1 rings (SSSR count). The molecule has 1 unspecified atom stereocenters. The summed E-state index contributed by atoms with van der Waals surface area (Å²) in [6.45, 7) is 2.11. The first kappa shape index (κ1) is 12.4. The Balaban J connectivity index is 1.90. The van der Waals surface area contributed by atoms with Gasteiger partial charge in [0.05, 0.1) is 12.1 Å². The number of rotatable bonds is 9. The molecule has 0 aliphatic heterocycles. The van der Waals surface area contributed by atoms with Gasteiger partial charge in [-0.15, -0.1) is 0 Å². The Morgan fingerprint density at radius 3 is 2.80 bits per heavy atom. The molecule has 1 aliphatic rings. The molecule has 15 heavy (non-hydrogen) atoms. The summed E-state index contributed by atoms with van der Waals surface area (Å²) in [4.78, 5) is 0. The minimum Gasteiger partial charge on any atom is -0.385 e. The number of nitriles is 1. The summed E-state index contributed by atoms with van der Waals surface area (Å²) in [5.74, 6) is 0. The molecule has 0 radical (unpaired) electrons. The third-order valence-corrected chi connectivity index (χ3v) is 2.36. The van der Waals surface area contributed by atoms with Crippen molar-refractivity contribution in [1.29, 1.82) is 5.26 Å². The summed E-state index contributed by atoms with van der Waals surface area (Å²) in [5.41, 5.74) is 0. The van der Waals surface area contributed by atoms with Crippen LogP contribution in [0.1, 0.15) is 25.7 Å². The van der Waals surface area contributed by atoms with Gasteiger partial charge in [-0.25, -0.2) is 0 Å². The second-order valence-electron chi connectivity index (χ2n) is 3.87. The summed E-state index contributed by atoms with van der Waals surface area (Å²) in [7, 11) is 1.69. The van der Waals surface area contributed by atoms with Crippen molar-refractivity contribution >= 4 is 0 Å². The summed E-state index contributed by atoms with van der Waals surface area (Å²) in [5, 5.41) is 12.1. The first-order valence-corrected chi connectivity index (χ1v) is 5.59. The first-order valence-electron chi connectivity index (χ1n) is 5.59. The Kier molecular flexibility index (Phi) is 6.33. The lowest BCUT2D eigenvalue weighted by Gasteiger charge is -2.10. The van der Waals surface area contributed by atoms with E-state index < -0.39 is 0 Å². The molecular formula is C11H20N2O2. The van der Waals surface area contributed by atoms with Crippen LogP contribution in [0.15, 0.2) is 0 Å². The highest BCUT2D eigenvalue weighted by Crippen LogP contribution is 2.19. The van der Waals surface area contributed by atoms with Gasteiger partial charge in [0.25, 0.3) is 0 Å². The standard InChI is InChI=1S/C11H20N2O2/c1-14-6-2-7-15-8-5-11(9-12)13-10-3-4-10/h10-11,13H,2-8H2,1H3. The van der Waals surface area contributed by atoms with Crippen LogP contribution in [-0.2, 0) is 9.47 Å². The van der Waals surface area contributed by atoms with E-state index in [1.165, 1.54) is 12.8 Å². The van der Waals surface area contributed by atoms with E-state index >= 15 is 0 Å². The summed E-state index contributed by atoms with van der Waals surface area (Å²) in [6, 6.07) is 2.80. The molecular weight excluding hydrogens is 192 g/mol. The zero-order chi connectivity index (χ0) is 10.9. The van der Waals surface area contributed by atoms with Crippen molar-refractivity contribution < 1.29 is 9.47 Å². The molecule has 1 fully saturated rings. The van der Waals surface area contributed by atoms with Crippen LogP contribution in [0.2, 0.25) is 0 Å². The minimum atomic E-state index is -0.0417. The number of ether oxygens (including phenoxy) is 2. The molecule has 1 saturated carbocycles. The number of hydrogen-bond donors (Lipinski definition) is 1. The van der Waals surface area contributed by atoms with Crippen LogP contribution in [-0.4, -0.2) is 39.0 Å². The SMILES string of the molecule is COCCCOCCC(C#N)NC1CC1. The van der Waals surface area contributed by atoms with Crippen LogP contribution < -0.4 is 5.32 Å². The maximum Gasteiger partial charge on any atom is 0.0977 e. The monoisotopic (exact) mass is 212 g/mol. The Morgan fingerprint density at radius 2 is 2.20 bits per heavy atom. The molecule has 0 spiro atoms. The quantitative estimate of drug-likeness (QED) is 0.581. The maximum atomic E-state index is 8.86. The largest absolute Gasteiger partial charge is 0.385 e. The highest BCUT2D eigenvalue weighted by Gasteiger charge is 2.24. The third kappa shape index (κ3) is 6.45. The summed E-state index contributed by atoms with van der Waals surface area (Å²) < 4.78 is 10.3. The van der Waals surface area contributed by atoms with Crippen LogP contribution in [0.3, 0.4) is 0 Å². The zero-order valence-electron chi connectivity index (χ0n) is 9.37. The van der Waals surface area contributed by atoms with Gasteiger partial charge < -0.3 is 9.47 Å². The smallest absolute Gasteiger partial charge is 0.0977 e. The van der Waals surface area contributed by atoms with Gasteiger partial charge >= 0.3 is 0 Å². The lowest BCUT2D eigenvalue weighted by molar-refractivity contribution is 0.0988. The second-order valence-corrected chi connectivity index (χ2v) is 3.87. The highest BCUT2D eigenvalue weighted by atomic mass is 16.5. The zero-order valence-corrected chi connectivity index (χ0v) is 9.37. The van der Waals surface area contributed by atoms with E-state index in [0.29, 0.717) is 12.6 Å². The molecule has 86 valence electrons. The predicted octanol–water partition coefficient (Wildman–Crippen LogP) is 1.07. The van der Waals surface area contributed by atoms with Gasteiger partial charge in [0.15, 0.2) is 0 Å². The van der Waals surface area contributed by atoms with Gasteiger partial charge in [-0.3, -0.25) is 5.32 Å². The van der Waals surface area contributed by atoms with Crippen molar-refractivity contribution in [2.75, 3.05) is 26.9 Å². The van der Waals surface area contributed by atoms with Gasteiger partial charge in [0.2, 0.25) is 0 Å². The van der Waals surface area contributed by atoms with E-state index in [4.69, 9.17) is 14.7 Å². The number of methoxy groups -OCH3 is 1. The average Bonchev–Trinajstić information content (AvgIpc) is 3.05. The van der Waals surface area contributed by atoms with Crippen molar-refractivity contribution in [2.24, 2.45) is 0 Å². The molecule has 4 nitrogen and oxygen atoms in total. The molecule has 0 aromatic heterocycles. The summed E-state index contributed by atoms with van der Waals surface area (Å²) >= 11 is 0. The van der Waals surface area contributed by atoms with E-state index in [1.54, 1.807) is 7.11 Å². The van der Waals surface area contributed by atoms with E-state index in [-0.39, 0.29) is 6.04 Å². The Bertz CT molecular complexity index is 199. The van der Waals surface area contributed by atoms with Gasteiger partial charge in [-0.05, 0) is 25.7 Å². The normalized spacial score (nSPS) is 17.3. The van der Waals surface area contributed by atoms with Crippen molar-refractivity contribution in [3.8, 4) is 6.07 Å². The molecule has 0 heterocycles. The molecule has 0 saturated heterocycles. The molecule has 1 atom stereocenters. The van der Waals surface area contributed by atoms with Gasteiger partial charge in [0.1, 0.15) is 0 Å². The van der Waals surface area contributed by atoms with E-state index in [9.17, 15) is 0 Å². The topological polar surface area (TPSA) is 54.3 Å².